The second-order valence-electron chi connectivity index (χ2n) is 4.29. The largest absolute Gasteiger partial charge is 0.392 e. The normalized spacial score (nSPS) is 16.1. The van der Waals surface area contributed by atoms with Crippen LogP contribution in [0.1, 0.15) is 23.2 Å². The zero-order chi connectivity index (χ0) is 13.3. The Morgan fingerprint density at radius 3 is 2.67 bits per heavy atom. The Morgan fingerprint density at radius 2 is 2.11 bits per heavy atom. The van der Waals surface area contributed by atoms with Crippen LogP contribution in [0.15, 0.2) is 18.2 Å². The standard InChI is InChI=1S/C12H12F2N2OS/c13-8-3-1-2-7(9(8)14)12(17)16-10(11(15)18)6-4-5-6/h1-3,6,10H,4-5H2,(H2,15,18)(H,16,17). The summed E-state index contributed by atoms with van der Waals surface area (Å²) < 4.78 is 26.4. The smallest absolute Gasteiger partial charge is 0.254 e. The van der Waals surface area contributed by atoms with Gasteiger partial charge in [-0.3, -0.25) is 4.79 Å². The molecule has 0 saturated heterocycles. The molecule has 0 aromatic heterocycles. The zero-order valence-electron chi connectivity index (χ0n) is 9.45. The summed E-state index contributed by atoms with van der Waals surface area (Å²) >= 11 is 4.86. The van der Waals surface area contributed by atoms with Crippen LogP contribution in [0.4, 0.5) is 8.78 Å². The summed E-state index contributed by atoms with van der Waals surface area (Å²) in [6.45, 7) is 0. The number of carbonyl (C=O) groups is 1. The van der Waals surface area contributed by atoms with Crippen molar-refractivity contribution in [3.8, 4) is 0 Å². The van der Waals surface area contributed by atoms with Crippen LogP contribution in [0, 0.1) is 17.6 Å². The second kappa shape index (κ2) is 4.97. The van der Waals surface area contributed by atoms with Gasteiger partial charge in [-0.25, -0.2) is 8.78 Å². The average molecular weight is 270 g/mol. The van der Waals surface area contributed by atoms with Crippen molar-refractivity contribution in [2.75, 3.05) is 0 Å². The molecule has 2 rings (SSSR count). The number of benzene rings is 1. The number of thiocarbonyl (C=S) groups is 1. The minimum absolute atomic E-state index is 0.169. The number of nitrogens with two attached hydrogens (primary N) is 1. The number of carbonyl (C=O) groups excluding carboxylic acids is 1. The molecule has 1 saturated carbocycles. The number of hydrogen-bond donors (Lipinski definition) is 2. The van der Waals surface area contributed by atoms with E-state index in [2.05, 4.69) is 5.32 Å². The Kier molecular flexibility index (Phi) is 3.56. The molecule has 1 atom stereocenters. The van der Waals surface area contributed by atoms with Gasteiger partial charge in [-0.05, 0) is 30.9 Å². The first-order valence-corrected chi connectivity index (χ1v) is 5.95. The van der Waals surface area contributed by atoms with Gasteiger partial charge in [0.15, 0.2) is 11.6 Å². The Bertz CT molecular complexity index is 503. The Morgan fingerprint density at radius 1 is 1.44 bits per heavy atom. The van der Waals surface area contributed by atoms with Crippen molar-refractivity contribution in [2.24, 2.45) is 11.7 Å². The molecule has 0 aliphatic heterocycles. The van der Waals surface area contributed by atoms with Crippen molar-refractivity contribution in [3.63, 3.8) is 0 Å². The third kappa shape index (κ3) is 2.64. The molecule has 1 aliphatic carbocycles. The van der Waals surface area contributed by atoms with Crippen LogP contribution in [-0.4, -0.2) is 16.9 Å². The fraction of sp³-hybridized carbons (Fsp3) is 0.333. The number of halogens is 2. The van der Waals surface area contributed by atoms with E-state index in [0.29, 0.717) is 0 Å². The first-order chi connectivity index (χ1) is 8.50. The highest BCUT2D eigenvalue weighted by Crippen LogP contribution is 2.33. The molecule has 18 heavy (non-hydrogen) atoms. The lowest BCUT2D eigenvalue weighted by atomic mass is 10.1. The Hall–Kier alpha value is -1.56. The molecule has 6 heteroatoms. The van der Waals surface area contributed by atoms with Gasteiger partial charge in [0.25, 0.3) is 5.91 Å². The highest BCUT2D eigenvalue weighted by atomic mass is 32.1. The van der Waals surface area contributed by atoms with Gasteiger partial charge in [0.2, 0.25) is 0 Å². The van der Waals surface area contributed by atoms with Crippen LogP contribution in [0.5, 0.6) is 0 Å². The van der Waals surface area contributed by atoms with E-state index in [9.17, 15) is 13.6 Å². The summed E-state index contributed by atoms with van der Waals surface area (Å²) in [4.78, 5) is 12.0. The van der Waals surface area contributed by atoms with Gasteiger partial charge in [-0.2, -0.15) is 0 Å². The van der Waals surface area contributed by atoms with E-state index in [0.717, 1.165) is 18.9 Å². The minimum atomic E-state index is -1.16. The van der Waals surface area contributed by atoms with E-state index in [1.807, 2.05) is 0 Å². The lowest BCUT2D eigenvalue weighted by Crippen LogP contribution is -2.45. The van der Waals surface area contributed by atoms with Crippen molar-refractivity contribution in [1.82, 2.24) is 5.32 Å². The first kappa shape index (κ1) is 12.9. The van der Waals surface area contributed by atoms with E-state index in [1.54, 1.807) is 0 Å². The summed E-state index contributed by atoms with van der Waals surface area (Å²) in [5.74, 6) is -2.70. The molecule has 1 amide bonds. The van der Waals surface area contributed by atoms with Gasteiger partial charge >= 0.3 is 0 Å². The molecule has 0 radical (unpaired) electrons. The van der Waals surface area contributed by atoms with E-state index in [1.165, 1.54) is 12.1 Å². The van der Waals surface area contributed by atoms with E-state index < -0.39 is 23.6 Å². The van der Waals surface area contributed by atoms with Gasteiger partial charge in [-0.15, -0.1) is 0 Å². The zero-order valence-corrected chi connectivity index (χ0v) is 10.3. The molecule has 1 fully saturated rings. The number of hydrogen-bond acceptors (Lipinski definition) is 2. The average Bonchev–Trinajstić information content (AvgIpc) is 3.13. The molecule has 1 aliphatic rings. The number of nitrogens with one attached hydrogen (secondary N) is 1. The maximum atomic E-state index is 13.4. The summed E-state index contributed by atoms with van der Waals surface area (Å²) in [6, 6.07) is 3.00. The van der Waals surface area contributed by atoms with E-state index in [4.69, 9.17) is 18.0 Å². The highest BCUT2D eigenvalue weighted by Gasteiger charge is 2.34. The SMILES string of the molecule is NC(=S)C(NC(=O)c1cccc(F)c1F)C1CC1. The molecule has 0 heterocycles. The monoisotopic (exact) mass is 270 g/mol. The van der Waals surface area contributed by atoms with Crippen molar-refractivity contribution in [2.45, 2.75) is 18.9 Å². The third-order valence-corrected chi connectivity index (χ3v) is 3.14. The first-order valence-electron chi connectivity index (χ1n) is 5.55. The molecule has 1 unspecified atom stereocenters. The van der Waals surface area contributed by atoms with Crippen LogP contribution >= 0.6 is 12.2 Å². The van der Waals surface area contributed by atoms with Crippen LogP contribution in [0.3, 0.4) is 0 Å². The van der Waals surface area contributed by atoms with Crippen molar-refractivity contribution >= 4 is 23.1 Å². The molecule has 3 nitrogen and oxygen atoms in total. The maximum absolute atomic E-state index is 13.4. The van der Waals surface area contributed by atoms with Gasteiger partial charge in [0, 0.05) is 0 Å². The van der Waals surface area contributed by atoms with Crippen molar-refractivity contribution in [3.05, 3.63) is 35.4 Å². The molecule has 1 aromatic carbocycles. The lowest BCUT2D eigenvalue weighted by molar-refractivity contribution is 0.0938. The predicted molar refractivity (Wildman–Crippen MR) is 67.1 cm³/mol. The summed E-state index contributed by atoms with van der Waals surface area (Å²) in [7, 11) is 0. The van der Waals surface area contributed by atoms with Crippen molar-refractivity contribution < 1.29 is 13.6 Å². The highest BCUT2D eigenvalue weighted by molar-refractivity contribution is 7.80. The molecular weight excluding hydrogens is 258 g/mol. The topological polar surface area (TPSA) is 55.1 Å². The van der Waals surface area contributed by atoms with Crippen LogP contribution in [-0.2, 0) is 0 Å². The second-order valence-corrected chi connectivity index (χ2v) is 4.76. The van der Waals surface area contributed by atoms with Crippen LogP contribution in [0.2, 0.25) is 0 Å². The van der Waals surface area contributed by atoms with Gasteiger partial charge in [0.1, 0.15) is 0 Å². The molecule has 0 spiro atoms. The molecule has 1 aromatic rings. The third-order valence-electron chi connectivity index (χ3n) is 2.88. The summed E-state index contributed by atoms with van der Waals surface area (Å²) in [6.07, 6.45) is 1.85. The molecule has 3 N–H and O–H groups in total. The fourth-order valence-corrected chi connectivity index (χ4v) is 2.00. The van der Waals surface area contributed by atoms with E-state index >= 15 is 0 Å². The Balaban J connectivity index is 2.16. The number of rotatable bonds is 4. The van der Waals surface area contributed by atoms with Gasteiger partial charge in [0.05, 0.1) is 16.6 Å². The fourth-order valence-electron chi connectivity index (χ4n) is 1.75. The van der Waals surface area contributed by atoms with Crippen LogP contribution < -0.4 is 11.1 Å². The molecule has 96 valence electrons. The maximum Gasteiger partial charge on any atom is 0.254 e. The summed E-state index contributed by atoms with van der Waals surface area (Å²) in [5.41, 5.74) is 5.18. The minimum Gasteiger partial charge on any atom is -0.392 e. The van der Waals surface area contributed by atoms with Crippen molar-refractivity contribution in [1.29, 1.82) is 0 Å². The van der Waals surface area contributed by atoms with E-state index in [-0.39, 0.29) is 16.5 Å². The van der Waals surface area contributed by atoms with Gasteiger partial charge < -0.3 is 11.1 Å². The molecular formula is C12H12F2N2OS. The molecule has 0 bridgehead atoms. The number of amides is 1. The van der Waals surface area contributed by atoms with Crippen LogP contribution in [0.25, 0.3) is 0 Å². The lowest BCUT2D eigenvalue weighted by Gasteiger charge is -2.16. The van der Waals surface area contributed by atoms with Gasteiger partial charge in [-0.1, -0.05) is 18.3 Å². The Labute approximate surface area is 108 Å². The summed E-state index contributed by atoms with van der Waals surface area (Å²) in [5, 5.41) is 2.55. The quantitative estimate of drug-likeness (QED) is 0.820. The predicted octanol–water partition coefficient (Wildman–Crippen LogP) is 1.76.